The molecule has 1 heterocycles. The predicted octanol–water partition coefficient (Wildman–Crippen LogP) is 1.20. The van der Waals surface area contributed by atoms with Crippen molar-refractivity contribution in [2.75, 3.05) is 26.2 Å². The fourth-order valence-corrected chi connectivity index (χ4v) is 2.48. The van der Waals surface area contributed by atoms with Gasteiger partial charge < -0.3 is 9.80 Å². The molecular weight excluding hydrogens is 266 g/mol. The second-order valence-corrected chi connectivity index (χ2v) is 5.11. The Balaban J connectivity index is 1.89. The number of carbonyl (C=O) groups excluding carboxylic acids is 2. The average Bonchev–Trinajstić information content (AvgIpc) is 2.74. The van der Waals surface area contributed by atoms with Crippen LogP contribution in [0, 0.1) is 11.3 Å². The first kappa shape index (κ1) is 15.0. The molecule has 110 valence electrons. The number of hydrogen-bond donors (Lipinski definition) is 0. The van der Waals surface area contributed by atoms with Crippen molar-refractivity contribution in [1.82, 2.24) is 9.80 Å². The van der Waals surface area contributed by atoms with Gasteiger partial charge in [-0.1, -0.05) is 30.3 Å². The summed E-state index contributed by atoms with van der Waals surface area (Å²) in [5.41, 5.74) is 1.00. The lowest BCUT2D eigenvalue weighted by Gasteiger charge is -2.21. The molecule has 0 spiro atoms. The topological polar surface area (TPSA) is 64.4 Å². The van der Waals surface area contributed by atoms with Gasteiger partial charge in [-0.25, -0.2) is 0 Å². The van der Waals surface area contributed by atoms with E-state index in [4.69, 9.17) is 5.26 Å². The second-order valence-electron chi connectivity index (χ2n) is 5.11. The molecule has 5 heteroatoms. The van der Waals surface area contributed by atoms with Crippen molar-refractivity contribution in [3.63, 3.8) is 0 Å². The summed E-state index contributed by atoms with van der Waals surface area (Å²) < 4.78 is 0. The molecule has 0 aliphatic carbocycles. The number of rotatable bonds is 3. The number of amides is 2. The van der Waals surface area contributed by atoms with E-state index in [9.17, 15) is 9.59 Å². The second kappa shape index (κ2) is 7.44. The molecule has 0 aromatic heterocycles. The maximum absolute atomic E-state index is 12.3. The molecule has 5 nitrogen and oxygen atoms in total. The van der Waals surface area contributed by atoms with E-state index in [1.807, 2.05) is 41.3 Å². The minimum atomic E-state index is -0.144. The highest BCUT2D eigenvalue weighted by molar-refractivity contribution is 5.80. The Labute approximate surface area is 124 Å². The summed E-state index contributed by atoms with van der Waals surface area (Å²) in [6, 6.07) is 11.5. The Hall–Kier alpha value is -2.35. The molecule has 21 heavy (non-hydrogen) atoms. The molecule has 0 bridgehead atoms. The van der Waals surface area contributed by atoms with Crippen molar-refractivity contribution in [1.29, 1.82) is 5.26 Å². The monoisotopic (exact) mass is 285 g/mol. The summed E-state index contributed by atoms with van der Waals surface area (Å²) >= 11 is 0. The lowest BCUT2D eigenvalue weighted by Crippen LogP contribution is -2.37. The minimum absolute atomic E-state index is 0.0854. The molecular formula is C16H19N3O2. The highest BCUT2D eigenvalue weighted by Crippen LogP contribution is 2.08. The Morgan fingerprint density at radius 1 is 1.00 bits per heavy atom. The summed E-state index contributed by atoms with van der Waals surface area (Å²) in [4.78, 5) is 27.5. The lowest BCUT2D eigenvalue weighted by atomic mass is 10.1. The van der Waals surface area contributed by atoms with E-state index in [0.29, 0.717) is 32.6 Å². The van der Waals surface area contributed by atoms with E-state index >= 15 is 0 Å². The zero-order valence-electron chi connectivity index (χ0n) is 12.0. The van der Waals surface area contributed by atoms with Crippen LogP contribution in [0.5, 0.6) is 0 Å². The number of hydrogen-bond acceptors (Lipinski definition) is 3. The van der Waals surface area contributed by atoms with Crippen molar-refractivity contribution in [3.05, 3.63) is 35.9 Å². The van der Waals surface area contributed by atoms with Gasteiger partial charge >= 0.3 is 0 Å². The number of nitrogens with zero attached hydrogens (tertiary/aromatic N) is 3. The Kier molecular flexibility index (Phi) is 5.33. The number of benzene rings is 1. The van der Waals surface area contributed by atoms with Crippen LogP contribution in [-0.4, -0.2) is 47.8 Å². The SMILES string of the molecule is N#CCC(=O)N1CCCN(C(=O)Cc2ccccc2)CC1. The van der Waals surface area contributed by atoms with Crippen LogP contribution in [0.1, 0.15) is 18.4 Å². The molecule has 1 fully saturated rings. The first-order chi connectivity index (χ1) is 10.2. The Morgan fingerprint density at radius 3 is 2.24 bits per heavy atom. The van der Waals surface area contributed by atoms with Crippen molar-refractivity contribution in [2.24, 2.45) is 0 Å². The molecule has 0 atom stereocenters. The maximum atomic E-state index is 12.3. The van der Waals surface area contributed by atoms with Crippen LogP contribution in [0.15, 0.2) is 30.3 Å². The average molecular weight is 285 g/mol. The fraction of sp³-hybridized carbons (Fsp3) is 0.438. The predicted molar refractivity (Wildman–Crippen MR) is 78.2 cm³/mol. The van der Waals surface area contributed by atoms with Crippen molar-refractivity contribution in [2.45, 2.75) is 19.3 Å². The van der Waals surface area contributed by atoms with Crippen LogP contribution in [0.2, 0.25) is 0 Å². The van der Waals surface area contributed by atoms with Gasteiger partial charge in [-0.05, 0) is 12.0 Å². The van der Waals surface area contributed by atoms with Crippen LogP contribution >= 0.6 is 0 Å². The first-order valence-corrected chi connectivity index (χ1v) is 7.17. The summed E-state index contributed by atoms with van der Waals surface area (Å²) in [6.07, 6.45) is 1.07. The smallest absolute Gasteiger partial charge is 0.236 e. The summed E-state index contributed by atoms with van der Waals surface area (Å²) in [5, 5.41) is 8.58. The van der Waals surface area contributed by atoms with E-state index in [0.717, 1.165) is 12.0 Å². The number of nitriles is 1. The Morgan fingerprint density at radius 2 is 1.62 bits per heavy atom. The zero-order chi connectivity index (χ0) is 15.1. The largest absolute Gasteiger partial charge is 0.341 e. The maximum Gasteiger partial charge on any atom is 0.236 e. The van der Waals surface area contributed by atoms with Gasteiger partial charge in [0.05, 0.1) is 12.5 Å². The van der Waals surface area contributed by atoms with Crippen LogP contribution in [0.4, 0.5) is 0 Å². The molecule has 1 aromatic rings. The van der Waals surface area contributed by atoms with Gasteiger partial charge in [0.2, 0.25) is 11.8 Å². The summed E-state index contributed by atoms with van der Waals surface area (Å²) in [5.74, 6) is -0.0503. The van der Waals surface area contributed by atoms with E-state index < -0.39 is 0 Å². The molecule has 1 saturated heterocycles. The van der Waals surface area contributed by atoms with E-state index in [1.165, 1.54) is 0 Å². The van der Waals surface area contributed by atoms with E-state index in [2.05, 4.69) is 0 Å². The number of carbonyl (C=O) groups is 2. The normalized spacial score (nSPS) is 15.2. The van der Waals surface area contributed by atoms with Gasteiger partial charge in [0, 0.05) is 26.2 Å². The van der Waals surface area contributed by atoms with Crippen molar-refractivity contribution >= 4 is 11.8 Å². The quantitative estimate of drug-likeness (QED) is 0.838. The van der Waals surface area contributed by atoms with Gasteiger partial charge in [0.25, 0.3) is 0 Å². The first-order valence-electron chi connectivity index (χ1n) is 7.17. The van der Waals surface area contributed by atoms with Gasteiger partial charge in [0.15, 0.2) is 0 Å². The highest BCUT2D eigenvalue weighted by Gasteiger charge is 2.21. The molecule has 0 saturated carbocycles. The zero-order valence-corrected chi connectivity index (χ0v) is 12.0. The summed E-state index contributed by atoms with van der Waals surface area (Å²) in [7, 11) is 0. The van der Waals surface area contributed by atoms with Gasteiger partial charge in [-0.2, -0.15) is 5.26 Å². The fourth-order valence-electron chi connectivity index (χ4n) is 2.48. The van der Waals surface area contributed by atoms with E-state index in [-0.39, 0.29) is 18.2 Å². The lowest BCUT2D eigenvalue weighted by molar-refractivity contribution is -0.132. The standard InChI is InChI=1S/C16H19N3O2/c17-8-7-15(20)18-9-4-10-19(12-11-18)16(21)13-14-5-2-1-3-6-14/h1-3,5-6H,4,7,9-13H2. The molecule has 0 unspecified atom stereocenters. The minimum Gasteiger partial charge on any atom is -0.341 e. The molecule has 1 aromatic carbocycles. The van der Waals surface area contributed by atoms with Crippen molar-refractivity contribution < 1.29 is 9.59 Å². The van der Waals surface area contributed by atoms with Crippen LogP contribution in [-0.2, 0) is 16.0 Å². The van der Waals surface area contributed by atoms with Gasteiger partial charge in [0.1, 0.15) is 6.42 Å². The third-order valence-electron chi connectivity index (χ3n) is 3.63. The third-order valence-corrected chi connectivity index (χ3v) is 3.63. The molecule has 2 amide bonds. The van der Waals surface area contributed by atoms with Crippen LogP contribution < -0.4 is 0 Å². The van der Waals surface area contributed by atoms with Gasteiger partial charge in [-0.3, -0.25) is 9.59 Å². The summed E-state index contributed by atoms with van der Waals surface area (Å²) in [6.45, 7) is 2.35. The highest BCUT2D eigenvalue weighted by atomic mass is 16.2. The molecule has 2 rings (SSSR count). The Bertz CT molecular complexity index is 536. The molecule has 1 aliphatic rings. The molecule has 0 N–H and O–H groups in total. The van der Waals surface area contributed by atoms with Gasteiger partial charge in [-0.15, -0.1) is 0 Å². The van der Waals surface area contributed by atoms with Crippen molar-refractivity contribution in [3.8, 4) is 6.07 Å². The van der Waals surface area contributed by atoms with E-state index in [1.54, 1.807) is 4.90 Å². The molecule has 0 radical (unpaired) electrons. The third kappa shape index (κ3) is 4.32. The van der Waals surface area contributed by atoms with Crippen LogP contribution in [0.25, 0.3) is 0 Å². The van der Waals surface area contributed by atoms with Crippen LogP contribution in [0.3, 0.4) is 0 Å². The molecule has 1 aliphatic heterocycles.